The number of amides is 3. The summed E-state index contributed by atoms with van der Waals surface area (Å²) < 4.78 is 51.5. The molecule has 0 spiro atoms. The number of nitrogens with zero attached hydrogens (tertiary/aromatic N) is 3. The smallest absolute Gasteiger partial charge is 0.416 e. The quantitative estimate of drug-likeness (QED) is 0.216. The predicted molar refractivity (Wildman–Crippen MR) is 194 cm³/mol. The predicted octanol–water partition coefficient (Wildman–Crippen LogP) is 7.17. The number of benzene rings is 3. The molecule has 3 aromatic rings. The topological polar surface area (TPSA) is 96.5 Å². The van der Waals surface area contributed by atoms with Gasteiger partial charge in [0, 0.05) is 33.0 Å². The summed E-state index contributed by atoms with van der Waals surface area (Å²) in [7, 11) is 2.92. The lowest BCUT2D eigenvalue weighted by Gasteiger charge is -2.36. The van der Waals surface area contributed by atoms with E-state index in [0.29, 0.717) is 12.0 Å². The number of esters is 1. The molecule has 9 nitrogen and oxygen atoms in total. The van der Waals surface area contributed by atoms with Crippen molar-refractivity contribution in [1.29, 1.82) is 0 Å². The molecule has 0 N–H and O–H groups in total. The van der Waals surface area contributed by atoms with Crippen LogP contribution in [0.4, 0.5) is 18.0 Å². The Morgan fingerprint density at radius 3 is 1.98 bits per heavy atom. The van der Waals surface area contributed by atoms with E-state index in [1.807, 2.05) is 62.4 Å². The molecule has 5 rings (SSSR count). The molecule has 1 fully saturated rings. The van der Waals surface area contributed by atoms with Gasteiger partial charge in [0.2, 0.25) is 11.8 Å². The molecule has 12 heteroatoms. The van der Waals surface area contributed by atoms with Crippen LogP contribution >= 0.6 is 0 Å². The maximum atomic E-state index is 14.6. The summed E-state index contributed by atoms with van der Waals surface area (Å²) in [4.78, 5) is 59.1. The van der Waals surface area contributed by atoms with Crippen molar-refractivity contribution < 1.29 is 41.8 Å². The standard InChI is InChI=1S/C41H48F3N3O6/c1-25-20-34(46(7)39(51)52-24-33-31-14-10-8-12-29(31)30-13-9-11-15-32(30)33)38(50)47(22-26(25)2)35(21-27-16-18-28(19-17-27)41(42,43)44)37(49)45(6)23-36(48)53-40(3,4)5/h8-19,25-26,33-35H,20-24H2,1-7H3/t25-,26+,34+,35+/m1/s1. The molecule has 0 aromatic heterocycles. The molecule has 1 aliphatic carbocycles. The lowest BCUT2D eigenvalue weighted by molar-refractivity contribution is -0.159. The van der Waals surface area contributed by atoms with Gasteiger partial charge >= 0.3 is 18.2 Å². The molecule has 1 saturated heterocycles. The number of ether oxygens (including phenoxy) is 2. The lowest BCUT2D eigenvalue weighted by atomic mass is 9.91. The van der Waals surface area contributed by atoms with Crippen LogP contribution in [-0.2, 0) is 36.5 Å². The second kappa shape index (κ2) is 15.6. The number of carbonyl (C=O) groups excluding carboxylic acids is 4. The molecule has 53 heavy (non-hydrogen) atoms. The minimum atomic E-state index is -4.55. The van der Waals surface area contributed by atoms with Crippen molar-refractivity contribution in [2.75, 3.05) is 33.8 Å². The molecule has 0 saturated carbocycles. The van der Waals surface area contributed by atoms with Crippen LogP contribution < -0.4 is 0 Å². The van der Waals surface area contributed by atoms with Crippen LogP contribution in [0, 0.1) is 11.8 Å². The van der Waals surface area contributed by atoms with E-state index < -0.39 is 59.8 Å². The number of rotatable bonds is 9. The maximum Gasteiger partial charge on any atom is 0.416 e. The minimum absolute atomic E-state index is 0.0538. The van der Waals surface area contributed by atoms with Crippen molar-refractivity contribution in [2.45, 2.75) is 77.2 Å². The first kappa shape index (κ1) is 39.3. The molecule has 284 valence electrons. The SMILES string of the molecule is C[C@@H]1C[C@H](N(C)C(=O)OCC2c3ccccc3-c3ccccc32)C(=O)N([C@@H](Cc2ccc(C(F)(F)F)cc2)C(=O)N(C)CC(=O)OC(C)(C)C)C[C@@H]1C. The normalized spacial score (nSPS) is 19.5. The maximum absolute atomic E-state index is 14.6. The highest BCUT2D eigenvalue weighted by molar-refractivity contribution is 5.93. The molecule has 1 heterocycles. The fourth-order valence-corrected chi connectivity index (χ4v) is 7.17. The molecule has 1 aliphatic heterocycles. The Balaban J connectivity index is 1.40. The fourth-order valence-electron chi connectivity index (χ4n) is 7.17. The highest BCUT2D eigenvalue weighted by Gasteiger charge is 2.43. The number of hydrogen-bond donors (Lipinski definition) is 0. The summed E-state index contributed by atoms with van der Waals surface area (Å²) in [5.41, 5.74) is 2.99. The Hall–Kier alpha value is -4.87. The minimum Gasteiger partial charge on any atom is -0.459 e. The van der Waals surface area contributed by atoms with E-state index in [0.717, 1.165) is 34.4 Å². The van der Waals surface area contributed by atoms with Crippen LogP contribution in [0.2, 0.25) is 0 Å². The van der Waals surface area contributed by atoms with E-state index in [9.17, 15) is 32.3 Å². The van der Waals surface area contributed by atoms with Crippen molar-refractivity contribution in [1.82, 2.24) is 14.7 Å². The highest BCUT2D eigenvalue weighted by atomic mass is 19.4. The number of fused-ring (bicyclic) bond motifs is 3. The van der Waals surface area contributed by atoms with Gasteiger partial charge in [-0.05, 0) is 79.0 Å². The van der Waals surface area contributed by atoms with E-state index in [-0.39, 0.29) is 37.3 Å². The van der Waals surface area contributed by atoms with E-state index in [1.165, 1.54) is 40.9 Å². The Morgan fingerprint density at radius 2 is 1.43 bits per heavy atom. The van der Waals surface area contributed by atoms with Crippen LogP contribution in [-0.4, -0.2) is 90.1 Å². The molecule has 0 unspecified atom stereocenters. The average Bonchev–Trinajstić information content (AvgIpc) is 3.36. The van der Waals surface area contributed by atoms with Gasteiger partial charge in [0.15, 0.2) is 0 Å². The summed E-state index contributed by atoms with van der Waals surface area (Å²) in [6, 6.07) is 18.2. The van der Waals surface area contributed by atoms with Gasteiger partial charge in [-0.15, -0.1) is 0 Å². The highest BCUT2D eigenvalue weighted by Crippen LogP contribution is 2.44. The van der Waals surface area contributed by atoms with Gasteiger partial charge in [-0.25, -0.2) is 4.79 Å². The van der Waals surface area contributed by atoms with Gasteiger partial charge in [-0.3, -0.25) is 19.3 Å². The van der Waals surface area contributed by atoms with Crippen molar-refractivity contribution >= 4 is 23.9 Å². The third-order valence-corrected chi connectivity index (χ3v) is 10.2. The van der Waals surface area contributed by atoms with Crippen LogP contribution in [0.3, 0.4) is 0 Å². The zero-order valence-electron chi connectivity index (χ0n) is 31.3. The third-order valence-electron chi connectivity index (χ3n) is 10.2. The average molecular weight is 736 g/mol. The second-order valence-corrected chi connectivity index (χ2v) is 15.3. The largest absolute Gasteiger partial charge is 0.459 e. The molecule has 2 aliphatic rings. The van der Waals surface area contributed by atoms with Crippen LogP contribution in [0.1, 0.15) is 69.2 Å². The Morgan fingerprint density at radius 1 is 0.868 bits per heavy atom. The number of likely N-dealkylation sites (N-methyl/N-ethyl adjacent to an activating group) is 2. The van der Waals surface area contributed by atoms with Gasteiger partial charge < -0.3 is 19.3 Å². The molecule has 0 bridgehead atoms. The van der Waals surface area contributed by atoms with Crippen molar-refractivity contribution in [2.24, 2.45) is 11.8 Å². The summed E-state index contributed by atoms with van der Waals surface area (Å²) >= 11 is 0. The van der Waals surface area contributed by atoms with E-state index in [1.54, 1.807) is 20.8 Å². The monoisotopic (exact) mass is 735 g/mol. The van der Waals surface area contributed by atoms with Gasteiger partial charge in [0.1, 0.15) is 30.8 Å². The summed E-state index contributed by atoms with van der Waals surface area (Å²) in [6.07, 6.45) is -5.07. The lowest BCUT2D eigenvalue weighted by Crippen LogP contribution is -2.57. The van der Waals surface area contributed by atoms with Gasteiger partial charge in [-0.2, -0.15) is 13.2 Å². The van der Waals surface area contributed by atoms with Crippen LogP contribution in [0.15, 0.2) is 72.8 Å². The molecule has 3 amide bonds. The first-order valence-electron chi connectivity index (χ1n) is 17.9. The summed E-state index contributed by atoms with van der Waals surface area (Å²) in [6.45, 7) is 8.82. The zero-order valence-corrected chi connectivity index (χ0v) is 31.3. The van der Waals surface area contributed by atoms with Crippen LogP contribution in [0.25, 0.3) is 11.1 Å². The van der Waals surface area contributed by atoms with Gasteiger partial charge in [0.05, 0.1) is 5.56 Å². The molecule has 0 radical (unpaired) electrons. The molecular formula is C41H48F3N3O6. The van der Waals surface area contributed by atoms with Crippen molar-refractivity contribution in [3.05, 3.63) is 95.1 Å². The second-order valence-electron chi connectivity index (χ2n) is 15.3. The first-order valence-corrected chi connectivity index (χ1v) is 17.9. The number of likely N-dealkylation sites (tertiary alicyclic amines) is 1. The number of halogens is 3. The van der Waals surface area contributed by atoms with Crippen molar-refractivity contribution in [3.8, 4) is 11.1 Å². The summed E-state index contributed by atoms with van der Waals surface area (Å²) in [5, 5.41) is 0. The van der Waals surface area contributed by atoms with E-state index >= 15 is 0 Å². The van der Waals surface area contributed by atoms with Gasteiger partial charge in [0.25, 0.3) is 0 Å². The number of hydrogen-bond acceptors (Lipinski definition) is 6. The first-order chi connectivity index (χ1) is 24.9. The summed E-state index contributed by atoms with van der Waals surface area (Å²) in [5.74, 6) is -2.09. The molecule has 3 aromatic carbocycles. The Labute approximate surface area is 309 Å². The fraction of sp³-hybridized carbons (Fsp3) is 0.463. The van der Waals surface area contributed by atoms with Crippen LogP contribution in [0.5, 0.6) is 0 Å². The Bertz CT molecular complexity index is 1780. The molecular weight excluding hydrogens is 687 g/mol. The number of carbonyl (C=O) groups is 4. The number of alkyl halides is 3. The van der Waals surface area contributed by atoms with Gasteiger partial charge in [-0.1, -0.05) is 74.5 Å². The third kappa shape index (κ3) is 9.03. The van der Waals surface area contributed by atoms with E-state index in [4.69, 9.17) is 9.47 Å². The zero-order chi connectivity index (χ0) is 38.8. The van der Waals surface area contributed by atoms with Crippen molar-refractivity contribution in [3.63, 3.8) is 0 Å². The molecule has 4 atom stereocenters. The van der Waals surface area contributed by atoms with E-state index in [2.05, 4.69) is 0 Å². The Kier molecular flexibility index (Phi) is 11.6.